The monoisotopic (exact) mass is 711 g/mol. The van der Waals surface area contributed by atoms with Gasteiger partial charge in [0.15, 0.2) is 0 Å². The number of fused-ring (bicyclic) bond motifs is 5. The van der Waals surface area contributed by atoms with Crippen molar-refractivity contribution in [2.24, 2.45) is 11.8 Å². The number of hydrogen-bond donors (Lipinski definition) is 3. The van der Waals surface area contributed by atoms with Crippen molar-refractivity contribution in [3.8, 4) is 34.2 Å². The zero-order valence-corrected chi connectivity index (χ0v) is 31.8. The van der Waals surface area contributed by atoms with E-state index in [1.807, 2.05) is 29.2 Å². The minimum absolute atomic E-state index is 0.0264. The van der Waals surface area contributed by atoms with Crippen molar-refractivity contribution in [3.05, 3.63) is 82.8 Å². The zero-order chi connectivity index (χ0) is 36.8. The van der Waals surface area contributed by atoms with Gasteiger partial charge in [-0.1, -0.05) is 63.9 Å². The van der Waals surface area contributed by atoms with Crippen LogP contribution in [-0.2, 0) is 9.59 Å². The molecule has 53 heavy (non-hydrogen) atoms. The molecule has 8 rings (SSSR count). The van der Waals surface area contributed by atoms with E-state index in [0.717, 1.165) is 72.9 Å². The van der Waals surface area contributed by atoms with Crippen molar-refractivity contribution in [2.45, 2.75) is 109 Å². The smallest absolute Gasteiger partial charge is 0.240 e. The summed E-state index contributed by atoms with van der Waals surface area (Å²) >= 11 is 0. The highest BCUT2D eigenvalue weighted by Crippen LogP contribution is 2.56. The van der Waals surface area contributed by atoms with Crippen molar-refractivity contribution in [1.29, 1.82) is 0 Å². The molecule has 2 aromatic heterocycles. The van der Waals surface area contributed by atoms with Gasteiger partial charge in [-0.25, -0.2) is 9.97 Å². The molecule has 9 heteroatoms. The topological polar surface area (TPSA) is 110 Å². The lowest BCUT2D eigenvalue weighted by molar-refractivity contribution is -0.135. The maximum atomic E-state index is 13.4. The summed E-state index contributed by atoms with van der Waals surface area (Å²) in [4.78, 5) is 46.8. The number of carbonyl (C=O) groups excluding carboxylic acids is 2. The maximum absolute atomic E-state index is 13.4. The van der Waals surface area contributed by atoms with Gasteiger partial charge in [0, 0.05) is 25.1 Å². The van der Waals surface area contributed by atoms with Crippen molar-refractivity contribution in [3.63, 3.8) is 0 Å². The minimum atomic E-state index is -0.200. The van der Waals surface area contributed by atoms with E-state index in [0.29, 0.717) is 24.2 Å². The van der Waals surface area contributed by atoms with Crippen molar-refractivity contribution in [2.75, 3.05) is 20.1 Å². The molecule has 9 nitrogen and oxygen atoms in total. The van der Waals surface area contributed by atoms with E-state index in [2.05, 4.69) is 91.2 Å². The molecular formula is C44H53N7O2. The number of likely N-dealkylation sites (N-methyl/N-ethyl adjacent to an activating group) is 1. The lowest BCUT2D eigenvalue weighted by Gasteiger charge is -2.29. The first-order chi connectivity index (χ1) is 25.7. The van der Waals surface area contributed by atoms with Crippen LogP contribution >= 0.6 is 0 Å². The van der Waals surface area contributed by atoms with Crippen LogP contribution in [0, 0.1) is 23.7 Å². The third-order valence-corrected chi connectivity index (χ3v) is 12.1. The minimum Gasteiger partial charge on any atom is -0.340 e. The lowest BCUT2D eigenvalue weighted by Crippen LogP contribution is -2.47. The van der Waals surface area contributed by atoms with Crippen molar-refractivity contribution >= 4 is 11.8 Å². The SMILES string of the molecule is CNC(C(=O)N1CCCC1c1ncc(C#Cc2ccc(-c3ccc(-c4cnc([C@@H]5CCCN5C(=O)CC(C)C)[nH]4)cc3)c3c2C2CCC3C2)[nH]1)C(C)C. The molecule has 3 N–H and O–H groups in total. The van der Waals surface area contributed by atoms with Crippen molar-refractivity contribution in [1.82, 2.24) is 35.1 Å². The fourth-order valence-corrected chi connectivity index (χ4v) is 9.62. The number of H-pyrrole nitrogens is 2. The number of carbonyl (C=O) groups is 2. The fraction of sp³-hybridized carbons (Fsp3) is 0.500. The molecule has 2 bridgehead atoms. The standard InChI is InChI=1S/C44H53N7O2/c1-26(2)22-38(52)50-20-6-8-36(50)43-47-25-35(49-43)29-12-10-28(11-13-29)34-19-17-30(39-31-14-15-32(23-31)40(34)39)16-18-33-24-46-42(48-33)37-9-7-21-51(37)44(53)41(45-5)27(3)4/h10-13,17,19,24-27,31-32,36-37,41,45H,6-9,14-15,20-23H2,1-5H3,(H,46,48)(H,47,49)/t31?,32?,36-,37?,41?/m0/s1. The van der Waals surface area contributed by atoms with Crippen molar-refractivity contribution < 1.29 is 9.59 Å². The van der Waals surface area contributed by atoms with Crippen LogP contribution in [0.1, 0.15) is 137 Å². The summed E-state index contributed by atoms with van der Waals surface area (Å²) < 4.78 is 0. The fourth-order valence-electron chi connectivity index (χ4n) is 9.62. The number of nitrogens with zero attached hydrogens (tertiary/aromatic N) is 4. The summed E-state index contributed by atoms with van der Waals surface area (Å²) in [5.41, 5.74) is 9.43. The molecule has 2 amide bonds. The summed E-state index contributed by atoms with van der Waals surface area (Å²) in [6.45, 7) is 9.92. The molecule has 2 aliphatic carbocycles. The Morgan fingerprint density at radius 2 is 1.47 bits per heavy atom. The third kappa shape index (κ3) is 6.71. The van der Waals surface area contributed by atoms with Crippen LogP contribution in [0.25, 0.3) is 22.4 Å². The number of rotatable bonds is 9. The zero-order valence-electron chi connectivity index (χ0n) is 31.8. The molecule has 2 saturated heterocycles. The predicted octanol–water partition coefficient (Wildman–Crippen LogP) is 7.85. The second-order valence-electron chi connectivity index (χ2n) is 16.4. The van der Waals surface area contributed by atoms with Gasteiger partial charge in [0.05, 0.1) is 36.2 Å². The highest BCUT2D eigenvalue weighted by atomic mass is 16.2. The Hall–Kier alpha value is -4.68. The number of imidazole rings is 2. The quantitative estimate of drug-likeness (QED) is 0.153. The first-order valence-corrected chi connectivity index (χ1v) is 19.9. The van der Waals surface area contributed by atoms with E-state index in [4.69, 9.17) is 9.97 Å². The van der Waals surface area contributed by atoms with E-state index in [9.17, 15) is 9.59 Å². The Morgan fingerprint density at radius 3 is 2.19 bits per heavy atom. The van der Waals surface area contributed by atoms with E-state index in [-0.39, 0.29) is 35.9 Å². The first-order valence-electron chi connectivity index (χ1n) is 19.9. The predicted molar refractivity (Wildman–Crippen MR) is 208 cm³/mol. The largest absolute Gasteiger partial charge is 0.340 e. The van der Waals surface area contributed by atoms with Gasteiger partial charge in [-0.2, -0.15) is 0 Å². The Kier molecular flexibility index (Phi) is 9.76. The number of likely N-dealkylation sites (tertiary alicyclic amines) is 2. The Labute approximate surface area is 313 Å². The Balaban J connectivity index is 1.01. The molecule has 1 saturated carbocycles. The van der Waals surface area contributed by atoms with Gasteiger partial charge in [0.2, 0.25) is 11.8 Å². The van der Waals surface area contributed by atoms with Gasteiger partial charge in [-0.05, 0) is 115 Å². The van der Waals surface area contributed by atoms with Gasteiger partial charge < -0.3 is 25.1 Å². The highest BCUT2D eigenvalue weighted by molar-refractivity contribution is 5.83. The van der Waals surface area contributed by atoms with Crippen LogP contribution in [0.15, 0.2) is 48.8 Å². The van der Waals surface area contributed by atoms with E-state index in [1.54, 1.807) is 0 Å². The molecular weight excluding hydrogens is 659 g/mol. The molecule has 5 atom stereocenters. The summed E-state index contributed by atoms with van der Waals surface area (Å²) in [7, 11) is 1.86. The molecule has 0 radical (unpaired) electrons. The second-order valence-corrected chi connectivity index (χ2v) is 16.4. The van der Waals surface area contributed by atoms with E-state index < -0.39 is 0 Å². The van der Waals surface area contributed by atoms with Gasteiger partial charge in [0.25, 0.3) is 0 Å². The van der Waals surface area contributed by atoms with Gasteiger partial charge in [-0.15, -0.1) is 0 Å². The van der Waals surface area contributed by atoms with Crippen LogP contribution in [0.5, 0.6) is 0 Å². The molecule has 2 aliphatic heterocycles. The lowest BCUT2D eigenvalue weighted by atomic mass is 9.83. The Bertz CT molecular complexity index is 2050. The third-order valence-electron chi connectivity index (χ3n) is 12.1. The maximum Gasteiger partial charge on any atom is 0.240 e. The molecule has 4 heterocycles. The van der Waals surface area contributed by atoms with Crippen LogP contribution in [0.2, 0.25) is 0 Å². The van der Waals surface area contributed by atoms with Crippen LogP contribution < -0.4 is 5.32 Å². The number of benzene rings is 2. The first kappa shape index (κ1) is 35.4. The second kappa shape index (κ2) is 14.6. The summed E-state index contributed by atoms with van der Waals surface area (Å²) in [6.07, 6.45) is 11.8. The number of nitrogens with one attached hydrogen (secondary N) is 3. The average Bonchev–Trinajstić information content (AvgIpc) is 4.00. The van der Waals surface area contributed by atoms with Gasteiger partial charge in [-0.3, -0.25) is 9.59 Å². The number of aromatic nitrogens is 4. The van der Waals surface area contributed by atoms with E-state index >= 15 is 0 Å². The molecule has 0 spiro atoms. The highest BCUT2D eigenvalue weighted by Gasteiger charge is 2.40. The summed E-state index contributed by atoms with van der Waals surface area (Å²) in [5, 5.41) is 3.21. The number of hydrogen-bond acceptors (Lipinski definition) is 5. The Morgan fingerprint density at radius 1 is 0.811 bits per heavy atom. The molecule has 4 aromatic rings. The molecule has 276 valence electrons. The van der Waals surface area contributed by atoms with Crippen LogP contribution in [-0.4, -0.2) is 67.7 Å². The summed E-state index contributed by atoms with van der Waals surface area (Å²) in [6, 6.07) is 13.1. The van der Waals surface area contributed by atoms with Gasteiger partial charge >= 0.3 is 0 Å². The van der Waals surface area contributed by atoms with Crippen LogP contribution in [0.3, 0.4) is 0 Å². The average molecular weight is 712 g/mol. The number of amides is 2. The van der Waals surface area contributed by atoms with Gasteiger partial charge in [0.1, 0.15) is 17.3 Å². The molecule has 2 aromatic carbocycles. The molecule has 4 aliphatic rings. The normalized spacial score (nSPS) is 22.5. The summed E-state index contributed by atoms with van der Waals surface area (Å²) in [5.74, 6) is 10.7. The molecule has 4 unspecified atom stereocenters. The van der Waals surface area contributed by atoms with E-state index in [1.165, 1.54) is 41.5 Å². The molecule has 3 fully saturated rings. The number of aromatic amines is 2. The van der Waals surface area contributed by atoms with Crippen LogP contribution in [0.4, 0.5) is 0 Å².